The molecule has 0 saturated carbocycles. The number of amides is 1. The first-order chi connectivity index (χ1) is 7.91. The molecule has 0 bridgehead atoms. The van der Waals surface area contributed by atoms with E-state index in [1.807, 2.05) is 32.9 Å². The van der Waals surface area contributed by atoms with Crippen LogP contribution in [0.5, 0.6) is 0 Å². The molecule has 1 unspecified atom stereocenters. The summed E-state index contributed by atoms with van der Waals surface area (Å²) in [7, 11) is 0. The molecule has 1 rings (SSSR count). The van der Waals surface area contributed by atoms with E-state index in [1.165, 1.54) is 9.13 Å². The number of carbonyl (C=O) groups is 1. The van der Waals surface area contributed by atoms with Crippen molar-refractivity contribution in [3.8, 4) is 0 Å². The molecule has 0 fully saturated rings. The molecule has 0 aliphatic rings. The highest BCUT2D eigenvalue weighted by Gasteiger charge is 2.14. The van der Waals surface area contributed by atoms with Crippen LogP contribution in [0.25, 0.3) is 0 Å². The van der Waals surface area contributed by atoms with Crippen LogP contribution in [-0.2, 0) is 4.79 Å². The van der Waals surface area contributed by atoms with Crippen molar-refractivity contribution < 1.29 is 4.79 Å². The fourth-order valence-electron chi connectivity index (χ4n) is 1.47. The van der Waals surface area contributed by atoms with Gasteiger partial charge in [-0.1, -0.05) is 6.07 Å². The summed E-state index contributed by atoms with van der Waals surface area (Å²) in [4.78, 5) is 11.8. The molecule has 94 valence electrons. The third-order valence-electron chi connectivity index (χ3n) is 2.46. The van der Waals surface area contributed by atoms with Crippen LogP contribution in [0.3, 0.4) is 0 Å². The van der Waals surface area contributed by atoms with E-state index in [9.17, 15) is 4.79 Å². The molecule has 0 saturated heterocycles. The number of hydrogen-bond donors (Lipinski definition) is 2. The predicted octanol–water partition coefficient (Wildman–Crippen LogP) is 2.92. The molecule has 1 amide bonds. The van der Waals surface area contributed by atoms with Gasteiger partial charge in [-0.2, -0.15) is 0 Å². The van der Waals surface area contributed by atoms with Crippen LogP contribution in [0, 0.1) is 10.5 Å². The second-order valence-electron chi connectivity index (χ2n) is 4.44. The molecule has 0 spiro atoms. The standard InChI is InChI=1S/C13H19IN2O/c1-8(2)15-13(17)10(4)16-12-7-5-6-11(14)9(12)3/h5-8,10,16H,1-4H3,(H,15,17). The first-order valence-electron chi connectivity index (χ1n) is 5.74. The van der Waals surface area contributed by atoms with Crippen LogP contribution in [-0.4, -0.2) is 18.0 Å². The maximum atomic E-state index is 11.8. The van der Waals surface area contributed by atoms with Crippen molar-refractivity contribution in [3.63, 3.8) is 0 Å². The average Bonchev–Trinajstić information content (AvgIpc) is 2.23. The van der Waals surface area contributed by atoms with Crippen molar-refractivity contribution in [2.24, 2.45) is 0 Å². The van der Waals surface area contributed by atoms with Gasteiger partial charge in [-0.15, -0.1) is 0 Å². The number of anilines is 1. The first-order valence-corrected chi connectivity index (χ1v) is 6.81. The fraction of sp³-hybridized carbons (Fsp3) is 0.462. The van der Waals surface area contributed by atoms with E-state index in [0.29, 0.717) is 0 Å². The van der Waals surface area contributed by atoms with Gasteiger partial charge in [-0.3, -0.25) is 4.79 Å². The van der Waals surface area contributed by atoms with E-state index in [1.54, 1.807) is 0 Å². The molecule has 0 aliphatic carbocycles. The fourth-order valence-corrected chi connectivity index (χ4v) is 1.97. The molecule has 3 nitrogen and oxygen atoms in total. The molecule has 1 aromatic carbocycles. The molecule has 4 heteroatoms. The van der Waals surface area contributed by atoms with Crippen LogP contribution in [0.1, 0.15) is 26.3 Å². The summed E-state index contributed by atoms with van der Waals surface area (Å²) in [6.45, 7) is 7.84. The first kappa shape index (κ1) is 14.3. The highest BCUT2D eigenvalue weighted by molar-refractivity contribution is 14.1. The highest BCUT2D eigenvalue weighted by Crippen LogP contribution is 2.20. The van der Waals surface area contributed by atoms with Crippen LogP contribution in [0.15, 0.2) is 18.2 Å². The number of carbonyl (C=O) groups excluding carboxylic acids is 1. The molecular weight excluding hydrogens is 327 g/mol. The molecule has 1 atom stereocenters. The minimum Gasteiger partial charge on any atom is -0.374 e. The summed E-state index contributed by atoms with van der Waals surface area (Å²) in [5.74, 6) is 0.0262. The summed E-state index contributed by atoms with van der Waals surface area (Å²) in [5, 5.41) is 6.13. The zero-order chi connectivity index (χ0) is 13.0. The summed E-state index contributed by atoms with van der Waals surface area (Å²) < 4.78 is 1.20. The Morgan fingerprint density at radius 3 is 2.53 bits per heavy atom. The van der Waals surface area contributed by atoms with Crippen LogP contribution >= 0.6 is 22.6 Å². The second kappa shape index (κ2) is 6.23. The van der Waals surface area contributed by atoms with Crippen LogP contribution in [0.2, 0.25) is 0 Å². The van der Waals surface area contributed by atoms with Gasteiger partial charge in [-0.25, -0.2) is 0 Å². The van der Waals surface area contributed by atoms with Crippen LogP contribution in [0.4, 0.5) is 5.69 Å². The molecule has 17 heavy (non-hydrogen) atoms. The zero-order valence-corrected chi connectivity index (χ0v) is 12.8. The van der Waals surface area contributed by atoms with Gasteiger partial charge in [0.15, 0.2) is 0 Å². The van der Waals surface area contributed by atoms with E-state index in [4.69, 9.17) is 0 Å². The molecule has 0 aromatic heterocycles. The largest absolute Gasteiger partial charge is 0.374 e. The number of rotatable bonds is 4. The Bertz CT molecular complexity index is 404. The Labute approximate surface area is 117 Å². The quantitative estimate of drug-likeness (QED) is 0.823. The minimum atomic E-state index is -0.228. The molecule has 1 aromatic rings. The van der Waals surface area contributed by atoms with Gasteiger partial charge in [0.05, 0.1) is 0 Å². The second-order valence-corrected chi connectivity index (χ2v) is 5.60. The van der Waals surface area contributed by atoms with E-state index >= 15 is 0 Å². The highest BCUT2D eigenvalue weighted by atomic mass is 127. The number of benzene rings is 1. The maximum Gasteiger partial charge on any atom is 0.242 e. The summed E-state index contributed by atoms with van der Waals surface area (Å²) in [6.07, 6.45) is 0. The van der Waals surface area contributed by atoms with Crippen molar-refractivity contribution >= 4 is 34.2 Å². The smallest absolute Gasteiger partial charge is 0.242 e. The van der Waals surface area contributed by atoms with Crippen molar-refractivity contribution in [2.75, 3.05) is 5.32 Å². The number of nitrogens with one attached hydrogen (secondary N) is 2. The maximum absolute atomic E-state index is 11.8. The van der Waals surface area contributed by atoms with Gasteiger partial charge in [0.2, 0.25) is 5.91 Å². The van der Waals surface area contributed by atoms with Gasteiger partial charge in [0.1, 0.15) is 6.04 Å². The van der Waals surface area contributed by atoms with Crippen molar-refractivity contribution in [1.29, 1.82) is 0 Å². The Hall–Kier alpha value is -0.780. The molecule has 0 aliphatic heterocycles. The van der Waals surface area contributed by atoms with Gasteiger partial charge in [-0.05, 0) is 68.0 Å². The third-order valence-corrected chi connectivity index (χ3v) is 3.63. The van der Waals surface area contributed by atoms with E-state index in [2.05, 4.69) is 46.2 Å². The third kappa shape index (κ3) is 4.18. The van der Waals surface area contributed by atoms with Gasteiger partial charge in [0.25, 0.3) is 0 Å². The predicted molar refractivity (Wildman–Crippen MR) is 80.3 cm³/mol. The Morgan fingerprint density at radius 1 is 1.29 bits per heavy atom. The zero-order valence-electron chi connectivity index (χ0n) is 10.7. The lowest BCUT2D eigenvalue weighted by atomic mass is 10.2. The van der Waals surface area contributed by atoms with E-state index < -0.39 is 0 Å². The Kier molecular flexibility index (Phi) is 5.24. The summed E-state index contributed by atoms with van der Waals surface area (Å²) in [5.41, 5.74) is 2.20. The monoisotopic (exact) mass is 346 g/mol. The van der Waals surface area contributed by atoms with Gasteiger partial charge >= 0.3 is 0 Å². The van der Waals surface area contributed by atoms with Crippen LogP contribution < -0.4 is 10.6 Å². The summed E-state index contributed by atoms with van der Waals surface area (Å²) >= 11 is 2.29. The molecule has 0 heterocycles. The van der Waals surface area contributed by atoms with Crippen molar-refractivity contribution in [1.82, 2.24) is 5.32 Å². The van der Waals surface area contributed by atoms with Crippen molar-refractivity contribution in [3.05, 3.63) is 27.3 Å². The van der Waals surface area contributed by atoms with E-state index in [-0.39, 0.29) is 18.0 Å². The van der Waals surface area contributed by atoms with Gasteiger partial charge < -0.3 is 10.6 Å². The van der Waals surface area contributed by atoms with E-state index in [0.717, 1.165) is 5.69 Å². The van der Waals surface area contributed by atoms with Crippen molar-refractivity contribution in [2.45, 2.75) is 39.8 Å². The number of halogens is 1. The molecule has 0 radical (unpaired) electrons. The SMILES string of the molecule is Cc1c(I)cccc1NC(C)C(=O)NC(C)C. The Morgan fingerprint density at radius 2 is 1.94 bits per heavy atom. The Balaban J connectivity index is 2.71. The minimum absolute atomic E-state index is 0.0262. The lowest BCUT2D eigenvalue weighted by Crippen LogP contribution is -2.41. The summed E-state index contributed by atoms with van der Waals surface area (Å²) in [6, 6.07) is 5.99. The average molecular weight is 346 g/mol. The lowest BCUT2D eigenvalue weighted by Gasteiger charge is -2.18. The molecular formula is C13H19IN2O. The van der Waals surface area contributed by atoms with Gasteiger partial charge in [0, 0.05) is 15.3 Å². The molecule has 2 N–H and O–H groups in total. The number of hydrogen-bond acceptors (Lipinski definition) is 2. The normalized spacial score (nSPS) is 12.4. The lowest BCUT2D eigenvalue weighted by molar-refractivity contribution is -0.122. The topological polar surface area (TPSA) is 41.1 Å².